The van der Waals surface area contributed by atoms with Crippen LogP contribution in [0.3, 0.4) is 0 Å². The summed E-state index contributed by atoms with van der Waals surface area (Å²) in [5.74, 6) is 1.62. The van der Waals surface area contributed by atoms with Crippen LogP contribution in [0.25, 0.3) is 0 Å². The van der Waals surface area contributed by atoms with Gasteiger partial charge in [-0.15, -0.1) is 37.2 Å². The number of halogens is 3. The number of hydrogen-bond acceptors (Lipinski definition) is 3. The minimum Gasteiger partial charge on any atom is -0.346 e. The minimum atomic E-state index is -0.251. The summed E-state index contributed by atoms with van der Waals surface area (Å²) in [6.45, 7) is 13.2. The molecule has 34 heavy (non-hydrogen) atoms. The van der Waals surface area contributed by atoms with Gasteiger partial charge in [0.05, 0.1) is 11.2 Å². The molecule has 7 heteroatoms. The number of piperazine rings is 1. The van der Waals surface area contributed by atoms with E-state index in [1.165, 1.54) is 22.5 Å². The smallest absolute Gasteiger partial charge is 0.106 e. The van der Waals surface area contributed by atoms with E-state index >= 15 is 0 Å². The number of nitrogens with one attached hydrogen (secondary N) is 2. The first-order valence-corrected chi connectivity index (χ1v) is 11.7. The van der Waals surface area contributed by atoms with E-state index in [0.717, 1.165) is 38.4 Å². The number of H-pyrrole nitrogens is 1. The van der Waals surface area contributed by atoms with E-state index in [1.807, 2.05) is 0 Å². The molecule has 2 N–H and O–H groups in total. The number of aryl methyl sites for hydroxylation is 2. The van der Waals surface area contributed by atoms with Crippen LogP contribution in [0.2, 0.25) is 0 Å². The fourth-order valence-corrected chi connectivity index (χ4v) is 5.55. The van der Waals surface area contributed by atoms with Crippen molar-refractivity contribution in [2.24, 2.45) is 5.92 Å². The lowest BCUT2D eigenvalue weighted by Crippen LogP contribution is -2.60. The molecule has 4 rings (SSSR count). The molecule has 1 aromatic heterocycles. The van der Waals surface area contributed by atoms with E-state index in [4.69, 9.17) is 4.98 Å². The van der Waals surface area contributed by atoms with Crippen molar-refractivity contribution in [3.05, 3.63) is 89.0 Å². The van der Waals surface area contributed by atoms with Crippen molar-refractivity contribution in [2.45, 2.75) is 45.6 Å². The van der Waals surface area contributed by atoms with Gasteiger partial charge in [-0.05, 0) is 24.0 Å². The lowest BCUT2D eigenvalue weighted by molar-refractivity contribution is 0.0107. The van der Waals surface area contributed by atoms with Crippen LogP contribution in [-0.4, -0.2) is 41.0 Å². The number of nitrogens with zero attached hydrogens (tertiary/aromatic N) is 2. The van der Waals surface area contributed by atoms with Crippen LogP contribution in [0.1, 0.15) is 55.0 Å². The fraction of sp³-hybridized carbons (Fsp3) is 0.444. The predicted octanol–water partition coefficient (Wildman–Crippen LogP) is 6.13. The lowest BCUT2D eigenvalue weighted by atomic mass is 9.65. The van der Waals surface area contributed by atoms with E-state index in [2.05, 4.69) is 104 Å². The van der Waals surface area contributed by atoms with Crippen LogP contribution >= 0.6 is 37.2 Å². The molecule has 0 amide bonds. The highest BCUT2D eigenvalue weighted by Gasteiger charge is 2.51. The van der Waals surface area contributed by atoms with Crippen molar-refractivity contribution in [3.8, 4) is 0 Å². The maximum Gasteiger partial charge on any atom is 0.106 e. The number of aromatic nitrogens is 2. The van der Waals surface area contributed by atoms with Gasteiger partial charge in [-0.25, -0.2) is 4.98 Å². The third-order valence-electron chi connectivity index (χ3n) is 6.87. The number of benzene rings is 2. The molecule has 188 valence electrons. The summed E-state index contributed by atoms with van der Waals surface area (Å²) in [6.07, 6.45) is 0.915. The zero-order valence-corrected chi connectivity index (χ0v) is 23.0. The van der Waals surface area contributed by atoms with Gasteiger partial charge in [-0.2, -0.15) is 0 Å². The van der Waals surface area contributed by atoms with E-state index in [0.29, 0.717) is 5.92 Å². The highest BCUT2D eigenvalue weighted by molar-refractivity contribution is 5.86. The molecule has 1 unspecified atom stereocenters. The SMILES string of the molecule is CCc1nc(C(C(C)C)(C(c2ccccc2)c2ccccc2)N2CCNCC2)c(C)[nH]1.Cl.Cl.Cl. The molecule has 0 aliphatic carbocycles. The number of rotatable bonds is 7. The maximum atomic E-state index is 5.25. The molecule has 1 atom stereocenters. The Morgan fingerprint density at radius 1 is 0.882 bits per heavy atom. The summed E-state index contributed by atoms with van der Waals surface area (Å²) >= 11 is 0. The van der Waals surface area contributed by atoms with E-state index in [1.54, 1.807) is 0 Å². The molecule has 0 saturated carbocycles. The van der Waals surface area contributed by atoms with Crippen molar-refractivity contribution in [2.75, 3.05) is 26.2 Å². The summed E-state index contributed by atoms with van der Waals surface area (Å²) in [6, 6.07) is 22.1. The second-order valence-corrected chi connectivity index (χ2v) is 8.98. The Labute approximate surface area is 223 Å². The third kappa shape index (κ3) is 5.63. The van der Waals surface area contributed by atoms with E-state index in [9.17, 15) is 0 Å². The van der Waals surface area contributed by atoms with Crippen molar-refractivity contribution in [1.82, 2.24) is 20.2 Å². The Hall–Kier alpha value is -1.56. The topological polar surface area (TPSA) is 44.0 Å². The second kappa shape index (κ2) is 13.5. The van der Waals surface area contributed by atoms with Gasteiger partial charge < -0.3 is 10.3 Å². The van der Waals surface area contributed by atoms with Crippen molar-refractivity contribution in [3.63, 3.8) is 0 Å². The first-order chi connectivity index (χ1) is 15.1. The van der Waals surface area contributed by atoms with Gasteiger partial charge >= 0.3 is 0 Å². The number of aromatic amines is 1. The number of imidazole rings is 1. The summed E-state index contributed by atoms with van der Waals surface area (Å²) in [5, 5.41) is 3.56. The van der Waals surface area contributed by atoms with Gasteiger partial charge in [-0.3, -0.25) is 4.90 Å². The molecule has 0 radical (unpaired) electrons. The largest absolute Gasteiger partial charge is 0.346 e. The Balaban J connectivity index is 0.00000193. The Bertz CT molecular complexity index is 933. The lowest BCUT2D eigenvalue weighted by Gasteiger charge is -2.53. The second-order valence-electron chi connectivity index (χ2n) is 8.98. The molecule has 1 aliphatic heterocycles. The molecule has 3 aromatic rings. The summed E-state index contributed by atoms with van der Waals surface area (Å²) in [4.78, 5) is 11.6. The first-order valence-electron chi connectivity index (χ1n) is 11.7. The van der Waals surface area contributed by atoms with E-state index < -0.39 is 0 Å². The molecule has 1 aliphatic rings. The quantitative estimate of drug-likeness (QED) is 0.390. The molecular weight excluding hydrogens is 487 g/mol. The van der Waals surface area contributed by atoms with Crippen LogP contribution in [0.15, 0.2) is 60.7 Å². The predicted molar refractivity (Wildman–Crippen MR) is 150 cm³/mol. The zero-order valence-electron chi connectivity index (χ0n) is 20.6. The van der Waals surface area contributed by atoms with Gasteiger partial charge in [-0.1, -0.05) is 81.4 Å². The third-order valence-corrected chi connectivity index (χ3v) is 6.87. The van der Waals surface area contributed by atoms with Crippen molar-refractivity contribution < 1.29 is 0 Å². The van der Waals surface area contributed by atoms with Gasteiger partial charge in [0.15, 0.2) is 0 Å². The van der Waals surface area contributed by atoms with Crippen LogP contribution in [0.4, 0.5) is 0 Å². The average molecular weight is 526 g/mol. The molecule has 1 fully saturated rings. The Morgan fingerprint density at radius 2 is 1.38 bits per heavy atom. The standard InChI is InChI=1S/C27H36N4.3ClH/c1-5-24-29-21(4)26(30-24)27(20(2)3,31-18-16-28-17-19-31)25(22-12-8-6-9-13-22)23-14-10-7-11-15-23;;;/h6-15,20,25,28H,5,16-19H2,1-4H3,(H,29,30);3*1H. The van der Waals surface area contributed by atoms with Crippen molar-refractivity contribution in [1.29, 1.82) is 0 Å². The molecule has 2 heterocycles. The molecule has 4 nitrogen and oxygen atoms in total. The highest BCUT2D eigenvalue weighted by atomic mass is 35.5. The first kappa shape index (κ1) is 30.5. The van der Waals surface area contributed by atoms with Gasteiger partial charge in [0.1, 0.15) is 5.82 Å². The maximum absolute atomic E-state index is 5.25. The zero-order chi connectivity index (χ0) is 21.8. The normalized spacial score (nSPS) is 15.7. The fourth-order valence-electron chi connectivity index (χ4n) is 5.55. The monoisotopic (exact) mass is 524 g/mol. The minimum absolute atomic E-state index is 0. The van der Waals surface area contributed by atoms with Crippen LogP contribution in [-0.2, 0) is 12.0 Å². The Kier molecular flexibility index (Phi) is 12.1. The molecule has 0 bridgehead atoms. The number of hydrogen-bond donors (Lipinski definition) is 2. The molecule has 0 spiro atoms. The van der Waals surface area contributed by atoms with Crippen molar-refractivity contribution >= 4 is 37.2 Å². The van der Waals surface area contributed by atoms with Crippen LogP contribution < -0.4 is 5.32 Å². The van der Waals surface area contributed by atoms with Gasteiger partial charge in [0, 0.05) is 44.2 Å². The summed E-state index contributed by atoms with van der Waals surface area (Å²) in [7, 11) is 0. The average Bonchev–Trinajstić information content (AvgIpc) is 3.19. The van der Waals surface area contributed by atoms with Gasteiger partial charge in [0.25, 0.3) is 0 Å². The molecule has 1 saturated heterocycles. The Morgan fingerprint density at radius 3 is 1.79 bits per heavy atom. The molecule has 2 aromatic carbocycles. The summed E-state index contributed by atoms with van der Waals surface area (Å²) in [5.41, 5.74) is 4.85. The highest BCUT2D eigenvalue weighted by Crippen LogP contribution is 2.51. The van der Waals surface area contributed by atoms with E-state index in [-0.39, 0.29) is 48.7 Å². The van der Waals surface area contributed by atoms with Crippen LogP contribution in [0, 0.1) is 12.8 Å². The molecular formula is C27H39Cl3N4. The van der Waals surface area contributed by atoms with Crippen LogP contribution in [0.5, 0.6) is 0 Å². The van der Waals surface area contributed by atoms with Gasteiger partial charge in [0.2, 0.25) is 0 Å². The summed E-state index contributed by atoms with van der Waals surface area (Å²) < 4.78 is 0.